The second kappa shape index (κ2) is 3.29. The van der Waals surface area contributed by atoms with Crippen LogP contribution < -0.4 is 4.74 Å². The second-order valence-corrected chi connectivity index (χ2v) is 2.17. The molecule has 0 N–H and O–H groups in total. The van der Waals surface area contributed by atoms with Gasteiger partial charge in [-0.15, -0.1) is 5.10 Å². The number of halogens is 1. The number of hydrogen-bond acceptors (Lipinski definition) is 4. The summed E-state index contributed by atoms with van der Waals surface area (Å²) in [4.78, 5) is 11.6. The highest BCUT2D eigenvalue weighted by atomic mass is 19.1. The number of ether oxygens (including phenoxy) is 1. The number of nitrogens with zero attached hydrogens (tertiary/aromatic N) is 3. The zero-order valence-electron chi connectivity index (χ0n) is 6.74. The van der Waals surface area contributed by atoms with Gasteiger partial charge >= 0.3 is 5.97 Å². The van der Waals surface area contributed by atoms with Gasteiger partial charge in [0, 0.05) is 14.0 Å². The molecule has 0 aliphatic heterocycles. The van der Waals surface area contributed by atoms with E-state index in [1.807, 2.05) is 0 Å². The summed E-state index contributed by atoms with van der Waals surface area (Å²) in [7, 11) is 1.52. The molecule has 1 rings (SSSR count). The maximum atomic E-state index is 12.1. The Hall–Kier alpha value is -1.46. The average molecular weight is 173 g/mol. The van der Waals surface area contributed by atoms with Gasteiger partial charge in [-0.2, -0.15) is 9.90 Å². The molecule has 0 saturated heterocycles. The van der Waals surface area contributed by atoms with Crippen molar-refractivity contribution in [1.29, 1.82) is 0 Å². The summed E-state index contributed by atoms with van der Waals surface area (Å²) in [6.45, 7) is 0.424. The number of carbonyl (C=O) groups excluding carboxylic acids is 1. The van der Waals surface area contributed by atoms with Crippen molar-refractivity contribution >= 4 is 5.97 Å². The van der Waals surface area contributed by atoms with E-state index in [2.05, 4.69) is 14.9 Å². The van der Waals surface area contributed by atoms with E-state index in [4.69, 9.17) is 0 Å². The number of esters is 1. The number of aryl methyl sites for hydroxylation is 1. The maximum Gasteiger partial charge on any atom is 0.309 e. The molecule has 6 heteroatoms. The molecule has 0 aromatic carbocycles. The molecule has 5 nitrogen and oxygen atoms in total. The van der Waals surface area contributed by atoms with E-state index in [0.29, 0.717) is 0 Å². The van der Waals surface area contributed by atoms with Crippen molar-refractivity contribution in [2.24, 2.45) is 7.05 Å². The van der Waals surface area contributed by atoms with Crippen LogP contribution in [0.1, 0.15) is 12.6 Å². The maximum absolute atomic E-state index is 12.1. The SMILES string of the molecule is CC(=O)Oc1nn(C)nc1CF. The number of rotatable bonds is 2. The molecule has 0 spiro atoms. The Bertz CT molecular complexity index is 297. The van der Waals surface area contributed by atoms with Crippen LogP contribution in [-0.4, -0.2) is 21.0 Å². The number of hydrogen-bond donors (Lipinski definition) is 0. The third-order valence-corrected chi connectivity index (χ3v) is 1.11. The lowest BCUT2D eigenvalue weighted by Crippen LogP contribution is -2.03. The van der Waals surface area contributed by atoms with Crippen LogP contribution in [0.3, 0.4) is 0 Å². The third kappa shape index (κ3) is 1.77. The van der Waals surface area contributed by atoms with Gasteiger partial charge in [-0.1, -0.05) is 0 Å². The van der Waals surface area contributed by atoms with E-state index in [-0.39, 0.29) is 11.6 Å². The smallest absolute Gasteiger partial charge is 0.309 e. The first-order chi connectivity index (χ1) is 5.63. The molecule has 0 saturated carbocycles. The first-order valence-corrected chi connectivity index (χ1v) is 3.28. The van der Waals surface area contributed by atoms with Crippen molar-refractivity contribution in [3.8, 4) is 5.88 Å². The second-order valence-electron chi connectivity index (χ2n) is 2.17. The van der Waals surface area contributed by atoms with Gasteiger partial charge in [0.1, 0.15) is 6.67 Å². The van der Waals surface area contributed by atoms with Crippen molar-refractivity contribution < 1.29 is 13.9 Å². The largest absolute Gasteiger partial charge is 0.404 e. The van der Waals surface area contributed by atoms with Crippen LogP contribution >= 0.6 is 0 Å². The molecule has 1 heterocycles. The lowest BCUT2D eigenvalue weighted by Gasteiger charge is -1.94. The summed E-state index contributed by atoms with van der Waals surface area (Å²) >= 11 is 0. The summed E-state index contributed by atoms with van der Waals surface area (Å²) in [5.74, 6) is -0.599. The highest BCUT2D eigenvalue weighted by Crippen LogP contribution is 2.12. The predicted molar refractivity (Wildman–Crippen MR) is 37.1 cm³/mol. The molecule has 1 aromatic heterocycles. The first kappa shape index (κ1) is 8.63. The topological polar surface area (TPSA) is 57.0 Å². The van der Waals surface area contributed by atoms with E-state index in [1.165, 1.54) is 14.0 Å². The van der Waals surface area contributed by atoms with Crippen molar-refractivity contribution in [2.75, 3.05) is 0 Å². The molecule has 1 aromatic rings. The zero-order chi connectivity index (χ0) is 9.14. The molecule has 0 radical (unpaired) electrons. The van der Waals surface area contributed by atoms with Crippen LogP contribution in [0, 0.1) is 0 Å². The first-order valence-electron chi connectivity index (χ1n) is 3.28. The Balaban J connectivity index is 2.89. The minimum atomic E-state index is -0.795. The van der Waals surface area contributed by atoms with Crippen LogP contribution in [-0.2, 0) is 18.5 Å². The molecule has 12 heavy (non-hydrogen) atoms. The molecular weight excluding hydrogens is 165 g/mol. The lowest BCUT2D eigenvalue weighted by molar-refractivity contribution is -0.132. The number of carbonyl (C=O) groups is 1. The van der Waals surface area contributed by atoms with Crippen LogP contribution in [0.2, 0.25) is 0 Å². The van der Waals surface area contributed by atoms with Crippen LogP contribution in [0.4, 0.5) is 4.39 Å². The molecular formula is C6H8FN3O2. The van der Waals surface area contributed by atoms with Gasteiger partial charge in [0.15, 0.2) is 5.69 Å². The number of alkyl halides is 1. The van der Waals surface area contributed by atoms with Crippen LogP contribution in [0.25, 0.3) is 0 Å². The summed E-state index contributed by atoms with van der Waals surface area (Å²) in [6, 6.07) is 0. The van der Waals surface area contributed by atoms with Crippen molar-refractivity contribution in [1.82, 2.24) is 15.0 Å². The Kier molecular flexibility index (Phi) is 2.37. The summed E-state index contributed by atoms with van der Waals surface area (Å²) in [5.41, 5.74) is 0.0349. The standard InChI is InChI=1S/C6H8FN3O2/c1-4(11)12-6-5(3-7)8-10(2)9-6/h3H2,1-2H3. The van der Waals surface area contributed by atoms with Gasteiger partial charge in [-0.05, 0) is 0 Å². The molecule has 0 bridgehead atoms. The summed E-state index contributed by atoms with van der Waals surface area (Å²) < 4.78 is 16.7. The Morgan fingerprint density at radius 1 is 1.67 bits per heavy atom. The van der Waals surface area contributed by atoms with E-state index in [1.54, 1.807) is 0 Å². The van der Waals surface area contributed by atoms with Crippen molar-refractivity contribution in [3.05, 3.63) is 5.69 Å². The van der Waals surface area contributed by atoms with E-state index < -0.39 is 12.6 Å². The van der Waals surface area contributed by atoms with Crippen molar-refractivity contribution in [3.63, 3.8) is 0 Å². The van der Waals surface area contributed by atoms with Gasteiger partial charge in [0.05, 0.1) is 0 Å². The fraction of sp³-hybridized carbons (Fsp3) is 0.500. The third-order valence-electron chi connectivity index (χ3n) is 1.11. The Morgan fingerprint density at radius 3 is 2.83 bits per heavy atom. The minimum Gasteiger partial charge on any atom is -0.404 e. The normalized spacial score (nSPS) is 9.92. The number of aromatic nitrogens is 3. The monoisotopic (exact) mass is 173 g/mol. The summed E-state index contributed by atoms with van der Waals surface area (Å²) in [6.07, 6.45) is 0. The molecule has 0 aliphatic rings. The fourth-order valence-corrected chi connectivity index (χ4v) is 0.728. The van der Waals surface area contributed by atoms with Gasteiger partial charge in [-0.25, -0.2) is 4.39 Å². The molecule has 0 amide bonds. The van der Waals surface area contributed by atoms with Gasteiger partial charge in [0.25, 0.3) is 5.88 Å². The quantitative estimate of drug-likeness (QED) is 0.600. The summed E-state index contributed by atoms with van der Waals surface area (Å²) in [5, 5.41) is 7.28. The zero-order valence-corrected chi connectivity index (χ0v) is 6.74. The Labute approximate surface area is 68.1 Å². The van der Waals surface area contributed by atoms with E-state index >= 15 is 0 Å². The van der Waals surface area contributed by atoms with Crippen LogP contribution in [0.15, 0.2) is 0 Å². The predicted octanol–water partition coefficient (Wildman–Crippen LogP) is 0.210. The molecule has 0 fully saturated rings. The van der Waals surface area contributed by atoms with Gasteiger partial charge in [-0.3, -0.25) is 4.79 Å². The average Bonchev–Trinajstić information content (AvgIpc) is 2.29. The molecule has 66 valence electrons. The highest BCUT2D eigenvalue weighted by molar-refractivity contribution is 5.68. The molecule has 0 unspecified atom stereocenters. The van der Waals surface area contributed by atoms with E-state index in [0.717, 1.165) is 4.80 Å². The fourth-order valence-electron chi connectivity index (χ4n) is 0.728. The van der Waals surface area contributed by atoms with Crippen LogP contribution in [0.5, 0.6) is 5.88 Å². The Morgan fingerprint density at radius 2 is 2.33 bits per heavy atom. The lowest BCUT2D eigenvalue weighted by atomic mass is 10.5. The molecule has 0 atom stereocenters. The van der Waals surface area contributed by atoms with Crippen molar-refractivity contribution in [2.45, 2.75) is 13.6 Å². The van der Waals surface area contributed by atoms with Gasteiger partial charge in [0.2, 0.25) is 0 Å². The molecule has 0 aliphatic carbocycles. The van der Waals surface area contributed by atoms with Gasteiger partial charge < -0.3 is 4.74 Å². The van der Waals surface area contributed by atoms with E-state index in [9.17, 15) is 9.18 Å². The minimum absolute atomic E-state index is 0.0349. The highest BCUT2D eigenvalue weighted by Gasteiger charge is 2.11.